The highest BCUT2D eigenvalue weighted by molar-refractivity contribution is 5.27. The molecule has 1 rings (SSSR count). The molecule has 1 unspecified atom stereocenters. The molecular weight excluding hydrogens is 266 g/mol. The molecule has 0 radical (unpaired) electrons. The van der Waals surface area contributed by atoms with Crippen LogP contribution in [0.2, 0.25) is 0 Å². The number of rotatable bonds is 11. The number of methoxy groups -OCH3 is 2. The second-order valence-electron chi connectivity index (χ2n) is 5.32. The van der Waals surface area contributed by atoms with E-state index in [0.29, 0.717) is 6.04 Å². The summed E-state index contributed by atoms with van der Waals surface area (Å²) in [7, 11) is 3.48. The van der Waals surface area contributed by atoms with Gasteiger partial charge in [0.1, 0.15) is 0 Å². The zero-order chi connectivity index (χ0) is 15.7. The Hall–Kier alpha value is -0.910. The molecule has 0 fully saturated rings. The predicted molar refractivity (Wildman–Crippen MR) is 85.8 cm³/mol. The van der Waals surface area contributed by atoms with E-state index in [-0.39, 0.29) is 0 Å². The molecule has 1 aromatic heterocycles. The minimum atomic E-state index is 0.373. The quantitative estimate of drug-likeness (QED) is 0.637. The fourth-order valence-corrected chi connectivity index (χ4v) is 2.58. The Balaban J connectivity index is 2.86. The van der Waals surface area contributed by atoms with Crippen molar-refractivity contribution in [3.8, 4) is 0 Å². The topological polar surface area (TPSA) is 48.3 Å². The fourth-order valence-electron chi connectivity index (χ4n) is 2.58. The summed E-state index contributed by atoms with van der Waals surface area (Å²) in [6, 6.07) is 0.373. The number of hydrogen-bond donors (Lipinski definition) is 1. The van der Waals surface area contributed by atoms with Crippen molar-refractivity contribution >= 4 is 0 Å². The highest BCUT2D eigenvalue weighted by atomic mass is 16.5. The summed E-state index contributed by atoms with van der Waals surface area (Å²) >= 11 is 0. The van der Waals surface area contributed by atoms with Gasteiger partial charge in [0, 0.05) is 45.2 Å². The Bertz CT molecular complexity index is 404. The average Bonchev–Trinajstić information content (AvgIpc) is 2.86. The van der Waals surface area contributed by atoms with E-state index in [2.05, 4.69) is 30.8 Å². The molecule has 1 N–H and O–H groups in total. The van der Waals surface area contributed by atoms with Crippen LogP contribution in [-0.2, 0) is 28.9 Å². The third-order valence-electron chi connectivity index (χ3n) is 3.81. The molecule has 0 saturated heterocycles. The first-order valence-corrected chi connectivity index (χ1v) is 7.97. The van der Waals surface area contributed by atoms with Crippen molar-refractivity contribution in [3.05, 3.63) is 17.0 Å². The van der Waals surface area contributed by atoms with Crippen LogP contribution in [0.5, 0.6) is 0 Å². The number of hydrogen-bond acceptors (Lipinski definition) is 4. The summed E-state index contributed by atoms with van der Waals surface area (Å²) in [6.45, 7) is 9.83. The summed E-state index contributed by atoms with van der Waals surface area (Å²) < 4.78 is 12.5. The van der Waals surface area contributed by atoms with Gasteiger partial charge in [0.2, 0.25) is 0 Å². The molecule has 0 aliphatic rings. The van der Waals surface area contributed by atoms with Crippen LogP contribution in [-0.4, -0.2) is 43.8 Å². The summed E-state index contributed by atoms with van der Waals surface area (Å²) in [5, 5.41) is 8.29. The number of aryl methyl sites for hydroxylation is 1. The number of nitrogens with zero attached hydrogens (tertiary/aromatic N) is 2. The van der Waals surface area contributed by atoms with Crippen molar-refractivity contribution in [2.45, 2.75) is 52.6 Å². The largest absolute Gasteiger partial charge is 0.385 e. The van der Waals surface area contributed by atoms with Gasteiger partial charge in [0.05, 0.1) is 18.3 Å². The molecule has 1 atom stereocenters. The first kappa shape index (κ1) is 18.1. The Kier molecular flexibility index (Phi) is 8.57. The molecule has 0 amide bonds. The average molecular weight is 297 g/mol. The molecular formula is C16H31N3O2. The zero-order valence-electron chi connectivity index (χ0n) is 14.2. The van der Waals surface area contributed by atoms with Crippen LogP contribution in [0, 0.1) is 0 Å². The van der Waals surface area contributed by atoms with E-state index in [4.69, 9.17) is 14.6 Å². The van der Waals surface area contributed by atoms with E-state index in [1.165, 1.54) is 17.0 Å². The molecule has 0 saturated carbocycles. The van der Waals surface area contributed by atoms with Crippen molar-refractivity contribution in [1.29, 1.82) is 0 Å². The second-order valence-corrected chi connectivity index (χ2v) is 5.32. The molecule has 1 aromatic rings. The van der Waals surface area contributed by atoms with Gasteiger partial charge < -0.3 is 14.8 Å². The minimum absolute atomic E-state index is 0.373. The molecule has 5 nitrogen and oxygen atoms in total. The van der Waals surface area contributed by atoms with E-state index >= 15 is 0 Å². The van der Waals surface area contributed by atoms with Crippen LogP contribution in [0.25, 0.3) is 0 Å². The zero-order valence-corrected chi connectivity index (χ0v) is 14.2. The SMILES string of the molecule is CCc1nn(C(C)CCOC)c(CC)c1CNCCOC. The number of nitrogens with one attached hydrogen (secondary N) is 1. The van der Waals surface area contributed by atoms with E-state index in [0.717, 1.165) is 45.6 Å². The van der Waals surface area contributed by atoms with E-state index < -0.39 is 0 Å². The molecule has 0 aliphatic heterocycles. The van der Waals surface area contributed by atoms with Crippen molar-refractivity contribution in [3.63, 3.8) is 0 Å². The second kappa shape index (κ2) is 9.92. The number of ether oxygens (including phenoxy) is 2. The molecule has 0 aromatic carbocycles. The van der Waals surface area contributed by atoms with Gasteiger partial charge in [-0.25, -0.2) is 0 Å². The Morgan fingerprint density at radius 3 is 2.43 bits per heavy atom. The van der Waals surface area contributed by atoms with Crippen LogP contribution >= 0.6 is 0 Å². The van der Waals surface area contributed by atoms with Crippen molar-refractivity contribution in [1.82, 2.24) is 15.1 Å². The van der Waals surface area contributed by atoms with Gasteiger partial charge in [0.15, 0.2) is 0 Å². The smallest absolute Gasteiger partial charge is 0.0669 e. The molecule has 1 heterocycles. The lowest BCUT2D eigenvalue weighted by atomic mass is 10.1. The molecule has 122 valence electrons. The first-order valence-electron chi connectivity index (χ1n) is 7.97. The minimum Gasteiger partial charge on any atom is -0.385 e. The van der Waals surface area contributed by atoms with Gasteiger partial charge in [-0.1, -0.05) is 13.8 Å². The summed E-state index contributed by atoms with van der Waals surface area (Å²) in [5.41, 5.74) is 3.92. The van der Waals surface area contributed by atoms with Crippen LogP contribution in [0.4, 0.5) is 0 Å². The van der Waals surface area contributed by atoms with Crippen LogP contribution in [0.3, 0.4) is 0 Å². The van der Waals surface area contributed by atoms with Gasteiger partial charge in [-0.05, 0) is 26.2 Å². The molecule has 21 heavy (non-hydrogen) atoms. The number of aromatic nitrogens is 2. The van der Waals surface area contributed by atoms with Crippen LogP contribution in [0.15, 0.2) is 0 Å². The van der Waals surface area contributed by atoms with Gasteiger partial charge >= 0.3 is 0 Å². The molecule has 0 aliphatic carbocycles. The Morgan fingerprint density at radius 1 is 1.14 bits per heavy atom. The van der Waals surface area contributed by atoms with Gasteiger partial charge in [-0.2, -0.15) is 5.10 Å². The summed E-state index contributed by atoms with van der Waals surface area (Å²) in [5.74, 6) is 0. The third kappa shape index (κ3) is 5.09. The maximum atomic E-state index is 5.20. The molecule has 0 bridgehead atoms. The van der Waals surface area contributed by atoms with Crippen LogP contribution in [0.1, 0.15) is 50.2 Å². The fraction of sp³-hybridized carbons (Fsp3) is 0.812. The molecule has 0 spiro atoms. The highest BCUT2D eigenvalue weighted by Crippen LogP contribution is 2.21. The normalized spacial score (nSPS) is 12.8. The summed E-state index contributed by atoms with van der Waals surface area (Å²) in [4.78, 5) is 0. The van der Waals surface area contributed by atoms with E-state index in [1.54, 1.807) is 14.2 Å². The summed E-state index contributed by atoms with van der Waals surface area (Å²) in [6.07, 6.45) is 2.97. The Labute approximate surface area is 129 Å². The lowest BCUT2D eigenvalue weighted by Gasteiger charge is -2.15. The van der Waals surface area contributed by atoms with Crippen molar-refractivity contribution < 1.29 is 9.47 Å². The maximum Gasteiger partial charge on any atom is 0.0669 e. The first-order chi connectivity index (χ1) is 10.2. The third-order valence-corrected chi connectivity index (χ3v) is 3.81. The van der Waals surface area contributed by atoms with Crippen LogP contribution < -0.4 is 5.32 Å². The van der Waals surface area contributed by atoms with Gasteiger partial charge in [0.25, 0.3) is 0 Å². The standard InChI is InChI=1S/C16H31N3O2/c1-6-15-14(12-17-9-11-21-5)16(7-2)19(18-15)13(3)8-10-20-4/h13,17H,6-12H2,1-5H3. The Morgan fingerprint density at radius 2 is 1.86 bits per heavy atom. The monoisotopic (exact) mass is 297 g/mol. The molecule has 5 heteroatoms. The van der Waals surface area contributed by atoms with Crippen molar-refractivity contribution in [2.75, 3.05) is 34.0 Å². The van der Waals surface area contributed by atoms with E-state index in [1.807, 2.05) is 0 Å². The van der Waals surface area contributed by atoms with Crippen molar-refractivity contribution in [2.24, 2.45) is 0 Å². The van der Waals surface area contributed by atoms with Gasteiger partial charge in [-0.15, -0.1) is 0 Å². The lowest BCUT2D eigenvalue weighted by Crippen LogP contribution is -2.20. The lowest BCUT2D eigenvalue weighted by molar-refractivity contribution is 0.178. The maximum absolute atomic E-state index is 5.20. The van der Waals surface area contributed by atoms with Gasteiger partial charge in [-0.3, -0.25) is 4.68 Å². The van der Waals surface area contributed by atoms with E-state index in [9.17, 15) is 0 Å². The predicted octanol–water partition coefficient (Wildman–Crippen LogP) is 2.34. The highest BCUT2D eigenvalue weighted by Gasteiger charge is 2.18.